The van der Waals surface area contributed by atoms with Gasteiger partial charge in [0, 0.05) is 62.2 Å². The zero-order valence-corrected chi connectivity index (χ0v) is 46.6. The van der Waals surface area contributed by atoms with Crippen molar-refractivity contribution in [3.63, 3.8) is 0 Å². The van der Waals surface area contributed by atoms with E-state index in [4.69, 9.17) is 4.74 Å². The van der Waals surface area contributed by atoms with Gasteiger partial charge in [0.2, 0.25) is 41.4 Å². The molecular formula is C59H80N10O8. The van der Waals surface area contributed by atoms with Gasteiger partial charge in [-0.2, -0.15) is 4.98 Å². The fraction of sp³-hybridized carbons (Fsp3) is 0.542. The minimum atomic E-state index is -1.28. The molecule has 2 aromatic carbocycles. The zero-order chi connectivity index (χ0) is 55.9. The SMILES string of the molecule is C=CC(C)(C)n1cc(C[C@@H]2NC(=O)[C@H](CC3CCC3)NC(=O)[C@H](CC(C)C)N3CC/C=C\C[C@@H](C3=O)N(C)C(=O)[C@H](C)NC(=O)[C@H](Cc3ccc4cnc(OC)nc4c3)NC(=O)[C@H](CC(C)C)N(C)C2=O)c2ccccc21. The van der Waals surface area contributed by atoms with Crippen LogP contribution in [0.3, 0.4) is 0 Å². The first-order valence-corrected chi connectivity index (χ1v) is 27.3. The van der Waals surface area contributed by atoms with Crippen molar-refractivity contribution in [1.82, 2.24) is 50.5 Å². The molecule has 7 atom stereocenters. The third kappa shape index (κ3) is 13.5. The van der Waals surface area contributed by atoms with Crippen LogP contribution in [0.1, 0.15) is 111 Å². The number of ether oxygens (including phenoxy) is 1. The van der Waals surface area contributed by atoms with Crippen molar-refractivity contribution in [2.45, 2.75) is 161 Å². The van der Waals surface area contributed by atoms with Gasteiger partial charge < -0.3 is 45.3 Å². The molecule has 77 heavy (non-hydrogen) atoms. The number of hydrogen-bond donors (Lipinski definition) is 4. The van der Waals surface area contributed by atoms with E-state index in [1.54, 1.807) is 24.4 Å². The molecule has 4 aromatic rings. The summed E-state index contributed by atoms with van der Waals surface area (Å²) in [5, 5.41) is 13.6. The minimum absolute atomic E-state index is 0.0176. The van der Waals surface area contributed by atoms with Gasteiger partial charge in [-0.05, 0) is 93.9 Å². The molecule has 2 aliphatic heterocycles. The van der Waals surface area contributed by atoms with Crippen LogP contribution in [0.15, 0.2) is 79.7 Å². The van der Waals surface area contributed by atoms with Gasteiger partial charge in [0.15, 0.2) is 0 Å². The van der Waals surface area contributed by atoms with E-state index in [0.29, 0.717) is 29.3 Å². The van der Waals surface area contributed by atoms with Crippen LogP contribution in [0, 0.1) is 17.8 Å². The highest BCUT2D eigenvalue weighted by molar-refractivity contribution is 5.99. The summed E-state index contributed by atoms with van der Waals surface area (Å²) < 4.78 is 7.37. The van der Waals surface area contributed by atoms with E-state index in [-0.39, 0.29) is 62.4 Å². The maximum absolute atomic E-state index is 15.5. The zero-order valence-electron chi connectivity index (χ0n) is 46.6. The van der Waals surface area contributed by atoms with Crippen molar-refractivity contribution < 1.29 is 38.3 Å². The molecule has 2 fully saturated rings. The van der Waals surface area contributed by atoms with Crippen LogP contribution in [0.4, 0.5) is 0 Å². The van der Waals surface area contributed by atoms with E-state index in [0.717, 1.165) is 35.7 Å². The second-order valence-electron chi connectivity index (χ2n) is 22.7. The third-order valence-electron chi connectivity index (χ3n) is 15.6. The Labute approximate surface area is 453 Å². The van der Waals surface area contributed by atoms with Crippen LogP contribution in [-0.4, -0.2) is 141 Å². The second kappa shape index (κ2) is 24.9. The Balaban J connectivity index is 1.36. The summed E-state index contributed by atoms with van der Waals surface area (Å²) in [6.45, 7) is 17.6. The number of amides is 7. The maximum Gasteiger partial charge on any atom is 0.316 e. The molecule has 4 heterocycles. The van der Waals surface area contributed by atoms with Gasteiger partial charge in [-0.15, -0.1) is 6.58 Å². The number of para-hydroxylation sites is 1. The van der Waals surface area contributed by atoms with E-state index in [1.165, 1.54) is 42.8 Å². The van der Waals surface area contributed by atoms with Gasteiger partial charge in [0.25, 0.3) is 0 Å². The molecule has 0 spiro atoms. The summed E-state index contributed by atoms with van der Waals surface area (Å²) in [5.41, 5.74) is 2.28. The highest BCUT2D eigenvalue weighted by Crippen LogP contribution is 2.32. The van der Waals surface area contributed by atoms with Crippen LogP contribution in [0.5, 0.6) is 6.01 Å². The van der Waals surface area contributed by atoms with Gasteiger partial charge in [-0.3, -0.25) is 33.6 Å². The van der Waals surface area contributed by atoms with Crippen LogP contribution in [-0.2, 0) is 51.9 Å². The Morgan fingerprint density at radius 3 is 2.12 bits per heavy atom. The predicted octanol–water partition coefficient (Wildman–Crippen LogP) is 5.76. The van der Waals surface area contributed by atoms with Crippen molar-refractivity contribution in [1.29, 1.82) is 0 Å². The van der Waals surface area contributed by atoms with Gasteiger partial charge in [-0.1, -0.05) is 95.5 Å². The molecule has 3 aliphatic rings. The summed E-state index contributed by atoms with van der Waals surface area (Å²) in [7, 11) is 4.50. The van der Waals surface area contributed by atoms with E-state index in [9.17, 15) is 14.4 Å². The number of likely N-dealkylation sites (N-methyl/N-ethyl adjacent to an activating group) is 2. The van der Waals surface area contributed by atoms with Crippen molar-refractivity contribution in [3.8, 4) is 6.01 Å². The first-order valence-electron chi connectivity index (χ1n) is 27.3. The molecule has 4 N–H and O–H groups in total. The largest absolute Gasteiger partial charge is 0.467 e. The number of carbonyl (C=O) groups is 7. The lowest BCUT2D eigenvalue weighted by Crippen LogP contribution is -2.61. The first-order chi connectivity index (χ1) is 36.6. The summed E-state index contributed by atoms with van der Waals surface area (Å²) >= 11 is 0. The Morgan fingerprint density at radius 1 is 0.779 bits per heavy atom. The Hall–Kier alpha value is -7.11. The number of carbonyl (C=O) groups excluding carboxylic acids is 7. The number of benzene rings is 2. The van der Waals surface area contributed by atoms with Crippen molar-refractivity contribution in [2.75, 3.05) is 27.7 Å². The molecule has 0 radical (unpaired) electrons. The molecule has 18 nitrogen and oxygen atoms in total. The van der Waals surface area contributed by atoms with Crippen molar-refractivity contribution in [3.05, 3.63) is 90.8 Å². The number of methoxy groups -OCH3 is 1. The maximum atomic E-state index is 15.5. The number of aromatic nitrogens is 3. The normalized spacial score (nSPS) is 24.6. The molecule has 18 heteroatoms. The Bertz CT molecular complexity index is 2870. The Morgan fingerprint density at radius 2 is 1.44 bits per heavy atom. The molecular weight excluding hydrogens is 977 g/mol. The Kier molecular flexibility index (Phi) is 18.6. The lowest BCUT2D eigenvalue weighted by Gasteiger charge is -2.39. The van der Waals surface area contributed by atoms with E-state index in [2.05, 4.69) is 42.4 Å². The van der Waals surface area contributed by atoms with Gasteiger partial charge in [0.1, 0.15) is 42.3 Å². The van der Waals surface area contributed by atoms with Crippen LogP contribution in [0.25, 0.3) is 21.8 Å². The van der Waals surface area contributed by atoms with Gasteiger partial charge in [-0.25, -0.2) is 4.98 Å². The average Bonchev–Trinajstić information content (AvgIpc) is 3.78. The molecule has 1 saturated carbocycles. The highest BCUT2D eigenvalue weighted by Gasteiger charge is 2.42. The summed E-state index contributed by atoms with van der Waals surface area (Å²) in [6.07, 6.45) is 13.3. The first kappa shape index (κ1) is 57.6. The van der Waals surface area contributed by atoms with Crippen molar-refractivity contribution >= 4 is 63.2 Å². The molecule has 2 aromatic heterocycles. The predicted molar refractivity (Wildman–Crippen MR) is 296 cm³/mol. The lowest BCUT2D eigenvalue weighted by atomic mass is 9.80. The number of rotatable bonds is 13. The van der Waals surface area contributed by atoms with E-state index in [1.807, 2.05) is 90.2 Å². The molecule has 7 rings (SSSR count). The van der Waals surface area contributed by atoms with Crippen LogP contribution in [0.2, 0.25) is 0 Å². The minimum Gasteiger partial charge on any atom is -0.467 e. The van der Waals surface area contributed by atoms with Crippen LogP contribution >= 0.6 is 0 Å². The molecule has 7 amide bonds. The topological polar surface area (TPSA) is 217 Å². The van der Waals surface area contributed by atoms with Crippen LogP contribution < -0.4 is 26.0 Å². The average molecular weight is 1060 g/mol. The molecule has 2 bridgehead atoms. The fourth-order valence-corrected chi connectivity index (χ4v) is 10.8. The smallest absolute Gasteiger partial charge is 0.316 e. The number of fused-ring (bicyclic) bond motifs is 4. The highest BCUT2D eigenvalue weighted by atomic mass is 16.5. The summed E-state index contributed by atoms with van der Waals surface area (Å²) in [6, 6.07) is 5.34. The third-order valence-corrected chi connectivity index (χ3v) is 15.6. The standard InChI is InChI=1S/C59H80N10O8/c1-12-59(7,8)69-34-41(42-21-15-16-22-47(42)69)32-46-56(75)67(10)49(27-35(2)3)53(72)62-45(31-39-24-25-40-33-60-58(77-11)65-43(40)30-39)51(70)61-37(6)55(74)66(9)48-23-14-13-17-26-68(57(48)76)50(28-36(4)5)54(73)63-44(52(71)64-46)29-38-19-18-20-38/h12-16,21-22,24-25,30,33-38,44-46,48-50H,1,17-20,23,26-29,31-32H2,2-11H3,(H,61,70)(H,62,72)(H,63,73)(H,64,71)/b14-13-/t37-,44-,45-,46-,48-,49-,50-/m0/s1. The number of nitrogens with one attached hydrogen (secondary N) is 4. The molecule has 1 aliphatic carbocycles. The molecule has 1 saturated heterocycles. The number of hydrogen-bond acceptors (Lipinski definition) is 10. The van der Waals surface area contributed by atoms with Gasteiger partial charge in [0.05, 0.1) is 18.2 Å². The fourth-order valence-electron chi connectivity index (χ4n) is 10.8. The molecule has 0 unspecified atom stereocenters. The summed E-state index contributed by atoms with van der Waals surface area (Å²) in [5.74, 6) is -4.01. The monoisotopic (exact) mass is 1060 g/mol. The quantitative estimate of drug-likeness (QED) is 0.119. The molecule has 414 valence electrons. The second-order valence-corrected chi connectivity index (χ2v) is 22.7. The lowest BCUT2D eigenvalue weighted by molar-refractivity contribution is -0.150. The van der Waals surface area contributed by atoms with E-state index < -0.39 is 89.2 Å². The van der Waals surface area contributed by atoms with E-state index >= 15 is 19.2 Å². The number of allylic oxidation sites excluding steroid dienone is 1. The van der Waals surface area contributed by atoms with Gasteiger partial charge >= 0.3 is 6.01 Å². The summed E-state index contributed by atoms with van der Waals surface area (Å²) in [4.78, 5) is 118. The number of nitrogens with zero attached hydrogens (tertiary/aromatic N) is 6. The van der Waals surface area contributed by atoms with Crippen molar-refractivity contribution in [2.24, 2.45) is 17.8 Å².